The predicted octanol–water partition coefficient (Wildman–Crippen LogP) is 3.63. The maximum absolute atomic E-state index is 13.7. The largest absolute Gasteiger partial charge is 0.504 e. The van der Waals surface area contributed by atoms with Crippen molar-refractivity contribution in [1.29, 1.82) is 0 Å². The van der Waals surface area contributed by atoms with Crippen molar-refractivity contribution < 1.29 is 14.9 Å². The number of nitrogens with one attached hydrogen (secondary N) is 1. The molecule has 0 spiro atoms. The Bertz CT molecular complexity index is 1830. The van der Waals surface area contributed by atoms with Gasteiger partial charge in [0.25, 0.3) is 5.56 Å². The fourth-order valence-corrected chi connectivity index (χ4v) is 5.21. The first-order valence-corrected chi connectivity index (χ1v) is 11.7. The lowest BCUT2D eigenvalue weighted by Crippen LogP contribution is -2.37. The Morgan fingerprint density at radius 1 is 0.892 bits per heavy atom. The van der Waals surface area contributed by atoms with E-state index in [4.69, 9.17) is 4.74 Å². The number of aromatic hydroxyl groups is 2. The molecular weight excluding hydrogens is 472 g/mol. The van der Waals surface area contributed by atoms with Crippen molar-refractivity contribution in [2.45, 2.75) is 6.04 Å². The van der Waals surface area contributed by atoms with Crippen LogP contribution in [0.4, 0.5) is 5.69 Å². The minimum absolute atomic E-state index is 0.236. The Morgan fingerprint density at radius 2 is 1.62 bits per heavy atom. The number of hydrogen-bond donors (Lipinski definition) is 3. The Labute approximate surface area is 211 Å². The van der Waals surface area contributed by atoms with Gasteiger partial charge >= 0.3 is 5.69 Å². The Balaban J connectivity index is 1.82. The van der Waals surface area contributed by atoms with E-state index in [1.807, 2.05) is 53.1 Å². The van der Waals surface area contributed by atoms with Crippen molar-refractivity contribution in [3.63, 3.8) is 0 Å². The molecule has 1 aliphatic rings. The maximum Gasteiger partial charge on any atom is 0.331 e. The van der Waals surface area contributed by atoms with Gasteiger partial charge < -0.3 is 24.8 Å². The molecule has 0 unspecified atom stereocenters. The number of para-hydroxylation sites is 2. The summed E-state index contributed by atoms with van der Waals surface area (Å²) in [5.41, 5.74) is 3.99. The van der Waals surface area contributed by atoms with Crippen molar-refractivity contribution in [3.8, 4) is 34.2 Å². The minimum Gasteiger partial charge on any atom is -0.504 e. The zero-order chi connectivity index (χ0) is 26.0. The zero-order valence-electron chi connectivity index (χ0n) is 20.4. The van der Waals surface area contributed by atoms with Gasteiger partial charge in [0, 0.05) is 14.1 Å². The topological polar surface area (TPSA) is 111 Å². The van der Waals surface area contributed by atoms with Crippen LogP contribution in [0.3, 0.4) is 0 Å². The highest BCUT2D eigenvalue weighted by Crippen LogP contribution is 2.46. The number of aromatic nitrogens is 3. The van der Waals surface area contributed by atoms with Crippen LogP contribution < -0.4 is 21.3 Å². The van der Waals surface area contributed by atoms with Gasteiger partial charge in [-0.15, -0.1) is 0 Å². The van der Waals surface area contributed by atoms with Crippen LogP contribution in [-0.4, -0.2) is 31.0 Å². The summed E-state index contributed by atoms with van der Waals surface area (Å²) >= 11 is 0. The molecule has 6 rings (SSSR count). The molecular formula is C28H24N4O5. The van der Waals surface area contributed by atoms with Gasteiger partial charge in [-0.3, -0.25) is 13.9 Å². The van der Waals surface area contributed by atoms with Gasteiger partial charge in [-0.2, -0.15) is 0 Å². The number of anilines is 1. The van der Waals surface area contributed by atoms with Gasteiger partial charge in [0.05, 0.1) is 46.8 Å². The highest BCUT2D eigenvalue weighted by atomic mass is 16.5. The summed E-state index contributed by atoms with van der Waals surface area (Å²) in [5.74, 6) is 0.180. The summed E-state index contributed by atoms with van der Waals surface area (Å²) in [6, 6.07) is 19.2. The highest BCUT2D eigenvalue weighted by Gasteiger charge is 2.35. The standard InChI is InChI=1S/C28H24N4O5/c1-30-25-22(27(35)31(2)28(30)36)24(15-8-11-17(37-3)12-9-15)32-19-7-5-4-6-18(19)29-23(26(25)32)16-10-13-20(33)21(34)14-16/h4-14,23,29,33-34H,1-3H3/t23-/m1/s1. The van der Waals surface area contributed by atoms with E-state index in [0.29, 0.717) is 33.6 Å². The number of phenolic OH excluding ortho intramolecular Hbond substituents is 2. The lowest BCUT2D eigenvalue weighted by Gasteiger charge is -2.31. The molecule has 186 valence electrons. The van der Waals surface area contributed by atoms with Crippen LogP contribution in [0.25, 0.3) is 27.8 Å². The Morgan fingerprint density at radius 3 is 2.32 bits per heavy atom. The third kappa shape index (κ3) is 3.17. The van der Waals surface area contributed by atoms with Gasteiger partial charge in [-0.25, -0.2) is 4.79 Å². The third-order valence-electron chi connectivity index (χ3n) is 7.02. The number of aryl methyl sites for hydroxylation is 1. The van der Waals surface area contributed by atoms with E-state index in [0.717, 1.165) is 21.5 Å². The van der Waals surface area contributed by atoms with E-state index in [1.165, 1.54) is 23.7 Å². The summed E-state index contributed by atoms with van der Waals surface area (Å²) in [6.07, 6.45) is 0. The first-order chi connectivity index (χ1) is 17.8. The Hall–Kier alpha value is -4.92. The normalized spacial score (nSPS) is 14.2. The summed E-state index contributed by atoms with van der Waals surface area (Å²) in [4.78, 5) is 26.8. The van der Waals surface area contributed by atoms with Crippen molar-refractivity contribution in [2.24, 2.45) is 14.1 Å². The number of methoxy groups -OCH3 is 1. The molecule has 5 aromatic rings. The summed E-state index contributed by atoms with van der Waals surface area (Å²) in [6.45, 7) is 0. The second kappa shape index (κ2) is 8.06. The third-order valence-corrected chi connectivity index (χ3v) is 7.02. The van der Waals surface area contributed by atoms with E-state index in [1.54, 1.807) is 20.2 Å². The molecule has 1 atom stereocenters. The fraction of sp³-hybridized carbons (Fsp3) is 0.143. The molecule has 2 aromatic heterocycles. The van der Waals surface area contributed by atoms with Crippen LogP contribution in [0.15, 0.2) is 76.3 Å². The SMILES string of the molecule is COc1ccc(-c2c3c(=O)n(C)c(=O)n(C)c3c3n2-c2ccccc2N[C@@H]3c2ccc(O)c(O)c2)cc1. The number of phenols is 2. The predicted molar refractivity (Wildman–Crippen MR) is 141 cm³/mol. The molecule has 0 saturated heterocycles. The minimum atomic E-state index is -0.548. The number of rotatable bonds is 3. The molecule has 0 radical (unpaired) electrons. The van der Waals surface area contributed by atoms with E-state index in [-0.39, 0.29) is 11.5 Å². The summed E-state index contributed by atoms with van der Waals surface area (Å²) in [5, 5.41) is 24.1. The van der Waals surface area contributed by atoms with Crippen LogP contribution in [0.5, 0.6) is 17.2 Å². The maximum atomic E-state index is 13.7. The molecule has 1 aliphatic heterocycles. The van der Waals surface area contributed by atoms with E-state index >= 15 is 0 Å². The smallest absolute Gasteiger partial charge is 0.331 e. The second-order valence-corrected chi connectivity index (χ2v) is 9.07. The number of benzene rings is 3. The van der Waals surface area contributed by atoms with Crippen LogP contribution >= 0.6 is 0 Å². The lowest BCUT2D eigenvalue weighted by atomic mass is 9.99. The van der Waals surface area contributed by atoms with Crippen LogP contribution in [0.2, 0.25) is 0 Å². The zero-order valence-corrected chi connectivity index (χ0v) is 20.4. The van der Waals surface area contributed by atoms with Crippen LogP contribution in [0, 0.1) is 0 Å². The average Bonchev–Trinajstić information content (AvgIpc) is 3.28. The van der Waals surface area contributed by atoms with Crippen LogP contribution in [-0.2, 0) is 14.1 Å². The molecule has 3 aromatic carbocycles. The molecule has 0 amide bonds. The second-order valence-electron chi connectivity index (χ2n) is 9.07. The summed E-state index contributed by atoms with van der Waals surface area (Å²) in [7, 11) is 4.71. The number of fused-ring (bicyclic) bond motifs is 5. The quantitative estimate of drug-likeness (QED) is 0.329. The van der Waals surface area contributed by atoms with Crippen LogP contribution in [0.1, 0.15) is 17.3 Å². The van der Waals surface area contributed by atoms with Crippen molar-refractivity contribution >= 4 is 16.6 Å². The van der Waals surface area contributed by atoms with Gasteiger partial charge in [-0.1, -0.05) is 18.2 Å². The van der Waals surface area contributed by atoms with Gasteiger partial charge in [0.15, 0.2) is 11.5 Å². The van der Waals surface area contributed by atoms with E-state index in [2.05, 4.69) is 5.32 Å². The molecule has 0 bridgehead atoms. The first-order valence-electron chi connectivity index (χ1n) is 11.7. The monoisotopic (exact) mass is 496 g/mol. The van der Waals surface area contributed by atoms with E-state index in [9.17, 15) is 19.8 Å². The number of hydrogen-bond acceptors (Lipinski definition) is 6. The lowest BCUT2D eigenvalue weighted by molar-refractivity contribution is 0.403. The molecule has 9 nitrogen and oxygen atoms in total. The average molecular weight is 497 g/mol. The first kappa shape index (κ1) is 22.5. The molecule has 0 aliphatic carbocycles. The number of ether oxygens (including phenoxy) is 1. The molecule has 37 heavy (non-hydrogen) atoms. The van der Waals surface area contributed by atoms with Crippen molar-refractivity contribution in [3.05, 3.63) is 98.8 Å². The van der Waals surface area contributed by atoms with Gasteiger partial charge in [0.1, 0.15) is 5.75 Å². The molecule has 0 fully saturated rings. The molecule has 0 saturated carbocycles. The molecule has 3 N–H and O–H groups in total. The summed E-state index contributed by atoms with van der Waals surface area (Å²) < 4.78 is 9.95. The van der Waals surface area contributed by atoms with Gasteiger partial charge in [-0.05, 0) is 59.7 Å². The van der Waals surface area contributed by atoms with Crippen molar-refractivity contribution in [2.75, 3.05) is 12.4 Å². The molecule has 3 heterocycles. The van der Waals surface area contributed by atoms with Crippen molar-refractivity contribution in [1.82, 2.24) is 13.7 Å². The Kier molecular flexibility index (Phi) is 4.91. The highest BCUT2D eigenvalue weighted by molar-refractivity contribution is 5.99. The number of nitrogens with zero attached hydrogens (tertiary/aromatic N) is 3. The van der Waals surface area contributed by atoms with E-state index < -0.39 is 17.3 Å². The van der Waals surface area contributed by atoms with Gasteiger partial charge in [0.2, 0.25) is 0 Å². The fourth-order valence-electron chi connectivity index (χ4n) is 5.21. The molecule has 9 heteroatoms.